The van der Waals surface area contributed by atoms with E-state index in [9.17, 15) is 0 Å². The molecule has 0 saturated carbocycles. The molecule has 0 amide bonds. The Morgan fingerprint density at radius 1 is 0.196 bits per heavy atom. The predicted octanol–water partition coefficient (Wildman–Crippen LogP) is 13.6. The van der Waals surface area contributed by atoms with E-state index in [0.29, 0.717) is 0 Å². The normalized spacial score (nSPS) is 10.7. The molecule has 0 N–H and O–H groups in total. The molecular formula is C51H52. The summed E-state index contributed by atoms with van der Waals surface area (Å²) in [6, 6.07) is 61.8. The molecule has 0 bridgehead atoms. The average molecular weight is 665 g/mol. The van der Waals surface area contributed by atoms with Crippen LogP contribution in [0.25, 0.3) is 11.1 Å². The number of hydrogen-bond acceptors (Lipinski definition) is 0. The summed E-state index contributed by atoms with van der Waals surface area (Å²) in [4.78, 5) is 0. The summed E-state index contributed by atoms with van der Waals surface area (Å²) in [6.07, 6.45) is 0. The van der Waals surface area contributed by atoms with Crippen LogP contribution in [0, 0.1) is 55.4 Å². The second kappa shape index (κ2) is 17.0. The Balaban J connectivity index is 0.000000188. The van der Waals surface area contributed by atoms with Crippen LogP contribution in [0.3, 0.4) is 0 Å². The lowest BCUT2D eigenvalue weighted by Crippen LogP contribution is -2.31. The van der Waals surface area contributed by atoms with Gasteiger partial charge < -0.3 is 0 Å². The molecular weight excluding hydrogens is 613 g/mol. The molecule has 0 aliphatic carbocycles. The van der Waals surface area contributed by atoms with Gasteiger partial charge in [-0.3, -0.25) is 0 Å². The third kappa shape index (κ3) is 9.41. The van der Waals surface area contributed by atoms with Crippen LogP contribution in [0.4, 0.5) is 0 Å². The largest absolute Gasteiger partial charge is 0.0701 e. The smallest absolute Gasteiger partial charge is 0.0591 e. The van der Waals surface area contributed by atoms with Crippen molar-refractivity contribution in [1.29, 1.82) is 0 Å². The topological polar surface area (TPSA) is 0 Å². The van der Waals surface area contributed by atoms with Gasteiger partial charge in [0.2, 0.25) is 0 Å². The summed E-state index contributed by atoms with van der Waals surface area (Å²) >= 11 is 0. The van der Waals surface area contributed by atoms with Crippen molar-refractivity contribution in [2.24, 2.45) is 0 Å². The fraction of sp³-hybridized carbons (Fsp3) is 0.176. The Hall–Kier alpha value is -5.46. The van der Waals surface area contributed by atoms with E-state index in [1.165, 1.54) is 77.9 Å². The van der Waals surface area contributed by atoms with Crippen LogP contribution in [0.2, 0.25) is 0 Å². The molecule has 7 rings (SSSR count). The predicted molar refractivity (Wildman–Crippen MR) is 221 cm³/mol. The van der Waals surface area contributed by atoms with Crippen molar-refractivity contribution >= 4 is 0 Å². The Morgan fingerprint density at radius 2 is 0.333 bits per heavy atom. The molecule has 7 aromatic rings. The summed E-state index contributed by atoms with van der Waals surface area (Å²) in [5, 5.41) is 0. The van der Waals surface area contributed by atoms with Crippen LogP contribution in [-0.2, 0) is 5.41 Å². The Morgan fingerprint density at radius 3 is 0.510 bits per heavy atom. The molecule has 256 valence electrons. The van der Waals surface area contributed by atoms with Crippen molar-refractivity contribution in [1.82, 2.24) is 0 Å². The fourth-order valence-corrected chi connectivity index (χ4v) is 6.34. The van der Waals surface area contributed by atoms with Gasteiger partial charge in [0, 0.05) is 0 Å². The van der Waals surface area contributed by atoms with Gasteiger partial charge in [0.05, 0.1) is 5.41 Å². The zero-order chi connectivity index (χ0) is 36.4. The maximum absolute atomic E-state index is 2.29. The van der Waals surface area contributed by atoms with Crippen LogP contribution in [-0.4, -0.2) is 0 Å². The van der Waals surface area contributed by atoms with Crippen LogP contribution < -0.4 is 0 Å². The highest BCUT2D eigenvalue weighted by molar-refractivity contribution is 5.64. The van der Waals surface area contributed by atoms with E-state index in [1.54, 1.807) is 0 Å². The van der Waals surface area contributed by atoms with Gasteiger partial charge in [0.25, 0.3) is 0 Å². The van der Waals surface area contributed by atoms with Gasteiger partial charge >= 0.3 is 0 Å². The lowest BCUT2D eigenvalue weighted by Gasteiger charge is -2.37. The quantitative estimate of drug-likeness (QED) is 0.161. The van der Waals surface area contributed by atoms with Crippen LogP contribution in [0.5, 0.6) is 0 Å². The van der Waals surface area contributed by atoms with Crippen LogP contribution >= 0.6 is 0 Å². The second-order valence-electron chi connectivity index (χ2n) is 14.1. The molecule has 0 radical (unpaired) electrons. The third-order valence-electron chi connectivity index (χ3n) is 9.59. The Kier molecular flexibility index (Phi) is 12.2. The minimum atomic E-state index is -0.358. The molecule has 0 nitrogen and oxygen atoms in total. The first-order valence-electron chi connectivity index (χ1n) is 18.0. The second-order valence-corrected chi connectivity index (χ2v) is 14.1. The molecule has 51 heavy (non-hydrogen) atoms. The molecule has 0 aliphatic heterocycles. The lowest BCUT2D eigenvalue weighted by atomic mass is 9.65. The highest BCUT2D eigenvalue weighted by atomic mass is 14.4. The van der Waals surface area contributed by atoms with E-state index >= 15 is 0 Å². The van der Waals surface area contributed by atoms with Crippen molar-refractivity contribution in [2.45, 2.75) is 60.8 Å². The first-order chi connectivity index (χ1) is 24.5. The number of benzene rings is 7. The fourth-order valence-electron chi connectivity index (χ4n) is 6.34. The van der Waals surface area contributed by atoms with Gasteiger partial charge in [-0.2, -0.15) is 0 Å². The monoisotopic (exact) mass is 664 g/mol. The van der Waals surface area contributed by atoms with Crippen molar-refractivity contribution < 1.29 is 0 Å². The molecule has 0 heteroatoms. The van der Waals surface area contributed by atoms with Crippen LogP contribution in [0.15, 0.2) is 170 Å². The van der Waals surface area contributed by atoms with E-state index in [0.717, 1.165) is 0 Å². The maximum Gasteiger partial charge on any atom is 0.0701 e. The zero-order valence-electron chi connectivity index (χ0n) is 31.7. The van der Waals surface area contributed by atoms with Gasteiger partial charge in [0.1, 0.15) is 0 Å². The van der Waals surface area contributed by atoms with Gasteiger partial charge in [-0.1, -0.05) is 214 Å². The van der Waals surface area contributed by atoms with Gasteiger partial charge in [-0.05, 0) is 88.8 Å². The molecule has 0 aromatic heterocycles. The minimum Gasteiger partial charge on any atom is -0.0591 e. The summed E-state index contributed by atoms with van der Waals surface area (Å²) in [7, 11) is 0. The molecule has 0 heterocycles. The molecule has 0 spiro atoms. The third-order valence-corrected chi connectivity index (χ3v) is 9.59. The van der Waals surface area contributed by atoms with Gasteiger partial charge in [-0.25, -0.2) is 0 Å². The van der Waals surface area contributed by atoms with Crippen molar-refractivity contribution in [3.05, 3.63) is 237 Å². The van der Waals surface area contributed by atoms with E-state index in [2.05, 4.69) is 225 Å². The summed E-state index contributed by atoms with van der Waals surface area (Å²) < 4.78 is 0. The van der Waals surface area contributed by atoms with E-state index in [-0.39, 0.29) is 5.41 Å². The molecule has 0 fully saturated rings. The maximum atomic E-state index is 2.29. The molecule has 7 aromatic carbocycles. The molecule has 0 unspecified atom stereocenters. The van der Waals surface area contributed by atoms with E-state index in [1.807, 2.05) is 0 Å². The number of rotatable bonds is 5. The van der Waals surface area contributed by atoms with E-state index in [4.69, 9.17) is 0 Å². The van der Waals surface area contributed by atoms with Crippen LogP contribution in [0.1, 0.15) is 66.8 Å². The van der Waals surface area contributed by atoms with Crippen molar-refractivity contribution in [3.63, 3.8) is 0 Å². The van der Waals surface area contributed by atoms with E-state index < -0.39 is 0 Å². The summed E-state index contributed by atoms with van der Waals surface area (Å²) in [5.41, 5.74) is 17.8. The number of aryl methyl sites for hydroxylation is 8. The first-order valence-corrected chi connectivity index (χ1v) is 18.0. The lowest BCUT2D eigenvalue weighted by molar-refractivity contribution is 0.743. The molecule has 0 aliphatic rings. The average Bonchev–Trinajstić information content (AvgIpc) is 3.14. The molecule has 0 saturated heterocycles. The number of hydrogen-bond donors (Lipinski definition) is 0. The highest BCUT2D eigenvalue weighted by Gasteiger charge is 2.38. The SMILES string of the molecule is Cc1ccc(-c2ccc(C)cc2)cc1.Cc1ccc(C(c2ccc(C)cc2)(c2ccc(C)cc2)c2ccc(C)cc2)cc1.Cc1ccc(C)cc1. The van der Waals surface area contributed by atoms with Gasteiger partial charge in [0.15, 0.2) is 0 Å². The summed E-state index contributed by atoms with van der Waals surface area (Å²) in [5.74, 6) is 0. The zero-order valence-corrected chi connectivity index (χ0v) is 31.7. The molecule has 0 atom stereocenters. The Bertz CT molecular complexity index is 1820. The highest BCUT2D eigenvalue weighted by Crippen LogP contribution is 2.45. The minimum absolute atomic E-state index is 0.358. The van der Waals surface area contributed by atoms with Gasteiger partial charge in [-0.15, -0.1) is 0 Å². The Labute approximate surface area is 307 Å². The standard InChI is InChI=1S/C29H28.C14H14.C8H10/c1-21-5-13-25(14-6-21)29(26-15-7-22(2)8-16-26,27-17-9-23(3)10-18-27)28-19-11-24(4)12-20-28;1-11-3-7-13(8-4-11)14-9-5-12(2)6-10-14;1-7-3-5-8(2)6-4-7/h5-20H,1-4H3;3-10H,1-2H3;3-6H,1-2H3. The van der Waals surface area contributed by atoms with Crippen molar-refractivity contribution in [2.75, 3.05) is 0 Å². The first kappa shape index (κ1) is 36.8. The summed E-state index contributed by atoms with van der Waals surface area (Å²) in [6.45, 7) is 17.0. The van der Waals surface area contributed by atoms with Crippen molar-refractivity contribution in [3.8, 4) is 11.1 Å².